The number of rotatable bonds is 4. The van der Waals surface area contributed by atoms with E-state index in [1.165, 1.54) is 0 Å². The minimum Gasteiger partial charge on any atom is -0.390 e. The molecule has 5 heteroatoms. The number of halogens is 1. The molecule has 0 amide bonds. The zero-order valence-electron chi connectivity index (χ0n) is 9.01. The van der Waals surface area contributed by atoms with Gasteiger partial charge in [0.05, 0.1) is 18.1 Å². The lowest BCUT2D eigenvalue weighted by molar-refractivity contribution is 0.276. The summed E-state index contributed by atoms with van der Waals surface area (Å²) < 4.78 is 1.06. The smallest absolute Gasteiger partial charge is 0.138 e. The lowest BCUT2D eigenvalue weighted by Crippen LogP contribution is -1.96. The van der Waals surface area contributed by atoms with E-state index < -0.39 is 0 Å². The lowest BCUT2D eigenvalue weighted by atomic mass is 10.4. The average molecular weight is 311 g/mol. The summed E-state index contributed by atoms with van der Waals surface area (Å²) in [6, 6.07) is 9.81. The number of nitrogens with zero attached hydrogens (tertiary/aromatic N) is 2. The molecule has 0 fully saturated rings. The Kier molecular flexibility index (Phi) is 4.53. The second-order valence-corrected chi connectivity index (χ2v) is 5.33. The summed E-state index contributed by atoms with van der Waals surface area (Å²) in [5.41, 5.74) is 0.657. The van der Waals surface area contributed by atoms with Gasteiger partial charge in [-0.1, -0.05) is 22.0 Å². The highest BCUT2D eigenvalue weighted by Gasteiger charge is 2.01. The van der Waals surface area contributed by atoms with Crippen molar-refractivity contribution in [2.75, 3.05) is 0 Å². The molecule has 1 heterocycles. The highest BCUT2D eigenvalue weighted by atomic mass is 79.9. The van der Waals surface area contributed by atoms with E-state index in [0.717, 1.165) is 15.2 Å². The summed E-state index contributed by atoms with van der Waals surface area (Å²) in [5.74, 6) is 1.44. The van der Waals surface area contributed by atoms with Crippen molar-refractivity contribution in [3.05, 3.63) is 52.5 Å². The first-order valence-electron chi connectivity index (χ1n) is 5.08. The van der Waals surface area contributed by atoms with Crippen molar-refractivity contribution >= 4 is 27.7 Å². The second-order valence-electron chi connectivity index (χ2n) is 3.37. The van der Waals surface area contributed by atoms with Gasteiger partial charge in [0.25, 0.3) is 0 Å². The molecule has 0 aliphatic heterocycles. The van der Waals surface area contributed by atoms with Crippen LogP contribution < -0.4 is 0 Å². The van der Waals surface area contributed by atoms with Gasteiger partial charge in [-0.3, -0.25) is 0 Å². The third-order valence-electron chi connectivity index (χ3n) is 2.09. The SMILES string of the molecule is OCc1ccnc(CSc2cccc(Br)c2)n1. The first-order chi connectivity index (χ1) is 8.28. The zero-order chi connectivity index (χ0) is 12.1. The zero-order valence-corrected chi connectivity index (χ0v) is 11.4. The summed E-state index contributed by atoms with van der Waals surface area (Å²) in [6.45, 7) is -0.0446. The maximum atomic E-state index is 8.98. The summed E-state index contributed by atoms with van der Waals surface area (Å²) in [5, 5.41) is 8.98. The van der Waals surface area contributed by atoms with Gasteiger partial charge in [0.1, 0.15) is 5.82 Å². The van der Waals surface area contributed by atoms with Gasteiger partial charge in [0.2, 0.25) is 0 Å². The van der Waals surface area contributed by atoms with Crippen LogP contribution in [0.4, 0.5) is 0 Å². The molecule has 0 saturated carbocycles. The molecule has 17 heavy (non-hydrogen) atoms. The topological polar surface area (TPSA) is 46.0 Å². The first kappa shape index (κ1) is 12.5. The number of thioether (sulfide) groups is 1. The number of benzene rings is 1. The highest BCUT2D eigenvalue weighted by molar-refractivity contribution is 9.10. The van der Waals surface area contributed by atoms with Crippen molar-refractivity contribution in [3.63, 3.8) is 0 Å². The van der Waals surface area contributed by atoms with Crippen LogP contribution in [0.15, 0.2) is 45.9 Å². The molecule has 1 aromatic heterocycles. The van der Waals surface area contributed by atoms with E-state index in [0.29, 0.717) is 11.4 Å². The Labute approximate surface area is 112 Å². The average Bonchev–Trinajstić information content (AvgIpc) is 2.37. The summed E-state index contributed by atoms with van der Waals surface area (Å²) in [4.78, 5) is 9.57. The molecular weight excluding hydrogens is 300 g/mol. The molecule has 0 aliphatic rings. The van der Waals surface area contributed by atoms with Gasteiger partial charge in [-0.25, -0.2) is 9.97 Å². The maximum absolute atomic E-state index is 8.98. The van der Waals surface area contributed by atoms with Gasteiger partial charge >= 0.3 is 0 Å². The molecule has 0 radical (unpaired) electrons. The van der Waals surface area contributed by atoms with Crippen molar-refractivity contribution in [1.82, 2.24) is 9.97 Å². The molecule has 0 unspecified atom stereocenters. The van der Waals surface area contributed by atoms with Gasteiger partial charge in [0, 0.05) is 15.6 Å². The fraction of sp³-hybridized carbons (Fsp3) is 0.167. The van der Waals surface area contributed by atoms with E-state index >= 15 is 0 Å². The largest absolute Gasteiger partial charge is 0.390 e. The van der Waals surface area contributed by atoms with Crippen molar-refractivity contribution in [2.45, 2.75) is 17.3 Å². The number of aromatic nitrogens is 2. The second kappa shape index (κ2) is 6.14. The fourth-order valence-electron chi connectivity index (χ4n) is 1.30. The van der Waals surface area contributed by atoms with Crippen LogP contribution in [0.2, 0.25) is 0 Å². The Bertz CT molecular complexity index is 507. The van der Waals surface area contributed by atoms with Crippen LogP contribution in [-0.2, 0) is 12.4 Å². The molecule has 1 aromatic carbocycles. The van der Waals surface area contributed by atoms with Crippen molar-refractivity contribution in [3.8, 4) is 0 Å². The predicted molar refractivity (Wildman–Crippen MR) is 71.7 cm³/mol. The molecule has 3 nitrogen and oxygen atoms in total. The van der Waals surface area contributed by atoms with Crippen LogP contribution in [0, 0.1) is 0 Å². The number of aliphatic hydroxyl groups is 1. The third kappa shape index (κ3) is 3.80. The Morgan fingerprint density at radius 1 is 1.29 bits per heavy atom. The van der Waals surface area contributed by atoms with Gasteiger partial charge in [-0.05, 0) is 24.3 Å². The van der Waals surface area contributed by atoms with Crippen LogP contribution in [0.3, 0.4) is 0 Å². The van der Waals surface area contributed by atoms with Crippen molar-refractivity contribution in [2.24, 2.45) is 0 Å². The minimum atomic E-state index is -0.0446. The Hall–Kier alpha value is -0.910. The number of hydrogen-bond donors (Lipinski definition) is 1. The van der Waals surface area contributed by atoms with E-state index in [1.54, 1.807) is 24.0 Å². The van der Waals surface area contributed by atoms with Gasteiger partial charge in [-0.15, -0.1) is 11.8 Å². The molecule has 88 valence electrons. The van der Waals surface area contributed by atoms with Crippen molar-refractivity contribution in [1.29, 1.82) is 0 Å². The van der Waals surface area contributed by atoms with Crippen LogP contribution in [0.25, 0.3) is 0 Å². The van der Waals surface area contributed by atoms with E-state index in [4.69, 9.17) is 5.11 Å². The quantitative estimate of drug-likeness (QED) is 0.882. The third-order valence-corrected chi connectivity index (χ3v) is 3.57. The summed E-state index contributed by atoms with van der Waals surface area (Å²) in [6.07, 6.45) is 1.68. The molecule has 2 rings (SSSR count). The molecular formula is C12H11BrN2OS. The molecule has 0 aliphatic carbocycles. The summed E-state index contributed by atoms with van der Waals surface area (Å²) in [7, 11) is 0. The minimum absolute atomic E-state index is 0.0446. The molecule has 0 saturated heterocycles. The van der Waals surface area contributed by atoms with Crippen LogP contribution in [0.1, 0.15) is 11.5 Å². The number of aliphatic hydroxyl groups excluding tert-OH is 1. The maximum Gasteiger partial charge on any atom is 0.138 e. The standard InChI is InChI=1S/C12H11BrN2OS/c13-9-2-1-3-11(6-9)17-8-12-14-5-4-10(7-16)15-12/h1-6,16H,7-8H2. The van der Waals surface area contributed by atoms with E-state index in [-0.39, 0.29) is 6.61 Å². The van der Waals surface area contributed by atoms with Gasteiger partial charge < -0.3 is 5.11 Å². The van der Waals surface area contributed by atoms with Gasteiger partial charge in [-0.2, -0.15) is 0 Å². The van der Waals surface area contributed by atoms with Crippen LogP contribution >= 0.6 is 27.7 Å². The van der Waals surface area contributed by atoms with Crippen LogP contribution in [0.5, 0.6) is 0 Å². The summed E-state index contributed by atoms with van der Waals surface area (Å²) >= 11 is 5.10. The van der Waals surface area contributed by atoms with Crippen LogP contribution in [-0.4, -0.2) is 15.1 Å². The molecule has 2 aromatic rings. The Morgan fingerprint density at radius 2 is 2.18 bits per heavy atom. The first-order valence-corrected chi connectivity index (χ1v) is 6.86. The molecule has 0 atom stereocenters. The molecule has 0 spiro atoms. The van der Waals surface area contributed by atoms with E-state index in [1.807, 2.05) is 18.2 Å². The highest BCUT2D eigenvalue weighted by Crippen LogP contribution is 2.24. The fourth-order valence-corrected chi connectivity index (χ4v) is 2.67. The van der Waals surface area contributed by atoms with E-state index in [2.05, 4.69) is 32.0 Å². The Morgan fingerprint density at radius 3 is 2.94 bits per heavy atom. The predicted octanol–water partition coefficient (Wildman–Crippen LogP) is 3.02. The lowest BCUT2D eigenvalue weighted by Gasteiger charge is -2.02. The molecule has 1 N–H and O–H groups in total. The van der Waals surface area contributed by atoms with Gasteiger partial charge in [0.15, 0.2) is 0 Å². The Balaban J connectivity index is 2.02. The van der Waals surface area contributed by atoms with E-state index in [9.17, 15) is 0 Å². The van der Waals surface area contributed by atoms with Crippen molar-refractivity contribution < 1.29 is 5.11 Å². The normalized spacial score (nSPS) is 10.5. The monoisotopic (exact) mass is 310 g/mol. The molecule has 0 bridgehead atoms. The number of hydrogen-bond acceptors (Lipinski definition) is 4.